The van der Waals surface area contributed by atoms with Gasteiger partial charge in [-0.15, -0.1) is 0 Å². The summed E-state index contributed by atoms with van der Waals surface area (Å²) >= 11 is 0. The number of benzene rings is 1. The zero-order valence-electron chi connectivity index (χ0n) is 29.1. The number of hydrogen-bond acceptors (Lipinski definition) is 9. The van der Waals surface area contributed by atoms with E-state index in [1.54, 1.807) is 20.8 Å². The van der Waals surface area contributed by atoms with Gasteiger partial charge in [0.15, 0.2) is 6.10 Å². The Hall–Kier alpha value is -4.32. The lowest BCUT2D eigenvalue weighted by Gasteiger charge is -2.37. The first-order valence-corrected chi connectivity index (χ1v) is 17.6. The third-order valence-electron chi connectivity index (χ3n) is 9.71. The summed E-state index contributed by atoms with van der Waals surface area (Å²) in [5, 5.41) is 8.07. The van der Waals surface area contributed by atoms with Gasteiger partial charge in [0, 0.05) is 18.4 Å². The second-order valence-corrected chi connectivity index (χ2v) is 14.0. The molecule has 1 spiro atoms. The van der Waals surface area contributed by atoms with Crippen LogP contribution < -0.4 is 16.1 Å². The van der Waals surface area contributed by atoms with Gasteiger partial charge in [-0.2, -0.15) is 0 Å². The van der Waals surface area contributed by atoms with Crippen molar-refractivity contribution in [2.45, 2.75) is 116 Å². The molecule has 1 unspecified atom stereocenters. The molecule has 12 nitrogen and oxygen atoms in total. The largest absolute Gasteiger partial charge is 0.462 e. The number of nitrogens with zero attached hydrogens (tertiary/aromatic N) is 2. The van der Waals surface area contributed by atoms with E-state index in [0.717, 1.165) is 16.5 Å². The number of nitrogens with one attached hydrogen (secondary N) is 3. The summed E-state index contributed by atoms with van der Waals surface area (Å²) in [5.41, 5.74) is 4.20. The SMILES string of the molecule is CCCC(=O)O[C@H]1CC[C@@]2(/C=C/c3ccc4ccc(nc4c3)[C@@H](C)NC(=O)[C@@H]3CCCN(N3)C(=O)[C@H](C)NC(=O)C(C(C)C)OC2=O)CC1. The Labute approximate surface area is 287 Å². The van der Waals surface area contributed by atoms with Crippen molar-refractivity contribution >= 4 is 46.6 Å². The van der Waals surface area contributed by atoms with Crippen molar-refractivity contribution < 1.29 is 33.4 Å². The van der Waals surface area contributed by atoms with Gasteiger partial charge in [-0.3, -0.25) is 34.0 Å². The number of carbonyl (C=O) groups excluding carboxylic acids is 5. The Morgan fingerprint density at radius 3 is 2.45 bits per heavy atom. The molecule has 4 atom stereocenters. The summed E-state index contributed by atoms with van der Waals surface area (Å²) < 4.78 is 11.7. The molecular weight excluding hydrogens is 626 g/mol. The lowest BCUT2D eigenvalue weighted by atomic mass is 9.72. The summed E-state index contributed by atoms with van der Waals surface area (Å²) in [4.78, 5) is 71.6. The molecule has 0 radical (unpaired) electrons. The van der Waals surface area contributed by atoms with Crippen LogP contribution in [0, 0.1) is 11.3 Å². The van der Waals surface area contributed by atoms with Crippen LogP contribution in [-0.2, 0) is 33.4 Å². The van der Waals surface area contributed by atoms with Crippen molar-refractivity contribution in [1.82, 2.24) is 26.1 Å². The Bertz CT molecular complexity index is 1600. The maximum atomic E-state index is 14.2. The van der Waals surface area contributed by atoms with Gasteiger partial charge < -0.3 is 20.1 Å². The average molecular weight is 676 g/mol. The Morgan fingerprint density at radius 2 is 1.73 bits per heavy atom. The minimum Gasteiger partial charge on any atom is -0.462 e. The van der Waals surface area contributed by atoms with Crippen molar-refractivity contribution in [3.8, 4) is 0 Å². The minimum atomic E-state index is -1.15. The molecule has 5 rings (SSSR count). The molecule has 3 N–H and O–H groups in total. The second kappa shape index (κ2) is 15.5. The fourth-order valence-corrected chi connectivity index (χ4v) is 6.70. The van der Waals surface area contributed by atoms with Crippen LogP contribution in [-0.4, -0.2) is 70.5 Å². The zero-order chi connectivity index (χ0) is 35.3. The molecular formula is C37H49N5O7. The standard InChI is InChI=1S/C37H49N5O7/c1-6-8-31(43)48-27-15-18-37(19-16-27)17-14-25-10-11-26-12-13-28(40-30(26)21-25)23(4)38-33(44)29-9-7-20-42(41-29)35(46)24(5)39-34(45)32(22(2)3)49-36(37)47/h10-14,17,21-24,27,29,32,41H,6-9,15-16,18-20H2,1-5H3,(H,38,44)(H,39,45)/b17-14+/t23-,24+,27-,29+,32?,37-/m1/s1. The number of rotatable bonds is 4. The predicted octanol–water partition coefficient (Wildman–Crippen LogP) is 4.28. The van der Waals surface area contributed by atoms with E-state index in [-0.39, 0.29) is 23.9 Å². The molecule has 1 saturated heterocycles. The topological polar surface area (TPSA) is 156 Å². The highest BCUT2D eigenvalue weighted by Gasteiger charge is 2.44. The Morgan fingerprint density at radius 1 is 1.02 bits per heavy atom. The lowest BCUT2D eigenvalue weighted by Crippen LogP contribution is -2.61. The van der Waals surface area contributed by atoms with Gasteiger partial charge in [0.05, 0.1) is 22.7 Å². The van der Waals surface area contributed by atoms with E-state index >= 15 is 0 Å². The van der Waals surface area contributed by atoms with Crippen LogP contribution in [0.5, 0.6) is 0 Å². The molecule has 1 aliphatic carbocycles. The van der Waals surface area contributed by atoms with Crippen LogP contribution in [0.2, 0.25) is 0 Å². The average Bonchev–Trinajstić information content (AvgIpc) is 3.09. The minimum absolute atomic E-state index is 0.249. The predicted molar refractivity (Wildman–Crippen MR) is 183 cm³/mol. The van der Waals surface area contributed by atoms with Crippen LogP contribution >= 0.6 is 0 Å². The third kappa shape index (κ3) is 8.46. The third-order valence-corrected chi connectivity index (χ3v) is 9.71. The molecule has 3 heterocycles. The van der Waals surface area contributed by atoms with Crippen molar-refractivity contribution in [3.05, 3.63) is 47.7 Å². The van der Waals surface area contributed by atoms with Crippen LogP contribution in [0.15, 0.2) is 36.4 Å². The Kier molecular flexibility index (Phi) is 11.4. The molecule has 5 bridgehead atoms. The number of hydrazine groups is 1. The second-order valence-electron chi connectivity index (χ2n) is 14.0. The number of amides is 3. The number of esters is 2. The highest BCUT2D eigenvalue weighted by Crippen LogP contribution is 2.41. The highest BCUT2D eigenvalue weighted by molar-refractivity contribution is 5.92. The summed E-state index contributed by atoms with van der Waals surface area (Å²) in [5.74, 6) is -2.41. The maximum Gasteiger partial charge on any atom is 0.316 e. The molecule has 3 amide bonds. The van der Waals surface area contributed by atoms with E-state index < -0.39 is 47.4 Å². The van der Waals surface area contributed by atoms with Gasteiger partial charge in [-0.1, -0.05) is 51.1 Å². The van der Waals surface area contributed by atoms with E-state index in [9.17, 15) is 24.0 Å². The van der Waals surface area contributed by atoms with E-state index in [1.807, 2.05) is 56.3 Å². The lowest BCUT2D eigenvalue weighted by molar-refractivity contribution is -0.170. The van der Waals surface area contributed by atoms with E-state index in [0.29, 0.717) is 63.6 Å². The van der Waals surface area contributed by atoms with Gasteiger partial charge in [0.1, 0.15) is 18.2 Å². The van der Waals surface area contributed by atoms with Gasteiger partial charge in [-0.05, 0) is 82.4 Å². The van der Waals surface area contributed by atoms with Crippen LogP contribution in [0.25, 0.3) is 17.0 Å². The van der Waals surface area contributed by atoms with Gasteiger partial charge in [0.25, 0.3) is 11.8 Å². The van der Waals surface area contributed by atoms with Crippen LogP contribution in [0.3, 0.4) is 0 Å². The number of cyclic esters (lactones) is 1. The molecule has 1 aromatic carbocycles. The number of pyridine rings is 1. The number of fused-ring (bicyclic) bond motifs is 4. The van der Waals surface area contributed by atoms with Crippen LogP contribution in [0.4, 0.5) is 0 Å². The molecule has 49 heavy (non-hydrogen) atoms. The molecule has 2 aromatic rings. The molecule has 2 fully saturated rings. The van der Waals surface area contributed by atoms with Crippen molar-refractivity contribution in [2.24, 2.45) is 11.3 Å². The van der Waals surface area contributed by atoms with E-state index in [2.05, 4.69) is 16.1 Å². The van der Waals surface area contributed by atoms with Crippen LogP contribution in [0.1, 0.15) is 103 Å². The molecule has 3 aliphatic rings. The summed E-state index contributed by atoms with van der Waals surface area (Å²) in [6.45, 7) is 9.30. The number of hydrogen-bond donors (Lipinski definition) is 3. The number of carbonyl (C=O) groups is 5. The van der Waals surface area contributed by atoms with E-state index in [4.69, 9.17) is 14.5 Å². The molecule has 1 saturated carbocycles. The molecule has 1 aromatic heterocycles. The molecule has 12 heteroatoms. The van der Waals surface area contributed by atoms with Gasteiger partial charge >= 0.3 is 11.9 Å². The normalized spacial score (nSPS) is 29.3. The number of aromatic nitrogens is 1. The maximum absolute atomic E-state index is 14.2. The van der Waals surface area contributed by atoms with Gasteiger partial charge in [-0.25, -0.2) is 5.43 Å². The fourth-order valence-electron chi connectivity index (χ4n) is 6.70. The first-order valence-electron chi connectivity index (χ1n) is 17.6. The quantitative estimate of drug-likeness (QED) is 0.403. The Balaban J connectivity index is 1.50. The molecule has 2 aliphatic heterocycles. The first kappa shape index (κ1) is 36.0. The molecule has 264 valence electrons. The highest BCUT2D eigenvalue weighted by atomic mass is 16.6. The number of ether oxygens (including phenoxy) is 2. The fraction of sp³-hybridized carbons (Fsp3) is 0.568. The summed E-state index contributed by atoms with van der Waals surface area (Å²) in [6, 6.07) is 7.69. The van der Waals surface area contributed by atoms with Crippen molar-refractivity contribution in [3.63, 3.8) is 0 Å². The van der Waals surface area contributed by atoms with Crippen molar-refractivity contribution in [1.29, 1.82) is 0 Å². The monoisotopic (exact) mass is 675 g/mol. The van der Waals surface area contributed by atoms with Crippen molar-refractivity contribution in [2.75, 3.05) is 6.54 Å². The summed E-state index contributed by atoms with van der Waals surface area (Å²) in [6.07, 6.45) is 6.09. The smallest absolute Gasteiger partial charge is 0.316 e. The first-order chi connectivity index (χ1) is 23.4. The summed E-state index contributed by atoms with van der Waals surface area (Å²) in [7, 11) is 0. The van der Waals surface area contributed by atoms with Gasteiger partial charge in [0.2, 0.25) is 5.91 Å². The van der Waals surface area contributed by atoms with E-state index in [1.165, 1.54) is 5.01 Å². The zero-order valence-corrected chi connectivity index (χ0v) is 29.1.